The molecule has 0 unspecified atom stereocenters. The zero-order valence-corrected chi connectivity index (χ0v) is 20.3. The third-order valence-electron chi connectivity index (χ3n) is 6.16. The molecule has 1 heterocycles. The van der Waals surface area contributed by atoms with Crippen LogP contribution in [0.2, 0.25) is 0 Å². The fraction of sp³-hybridized carbons (Fsp3) is 0.0690. The summed E-state index contributed by atoms with van der Waals surface area (Å²) < 4.78 is 78.7. The maximum Gasteiger partial charge on any atom is 0.416 e. The summed E-state index contributed by atoms with van der Waals surface area (Å²) in [6.07, 6.45) is -7.57. The molecule has 5 rings (SSSR count). The second-order valence-corrected chi connectivity index (χ2v) is 8.87. The molecule has 1 aromatic heterocycles. The van der Waals surface area contributed by atoms with Gasteiger partial charge in [-0.15, -0.1) is 0 Å². The SMILES string of the molecule is Nc1ncc2cc(-c3cc(C(=O)Nc4cccc(C(F)(F)F)c4)ccc3-c3ccc(C(F)(F)F)cc3)ccc2n1. The number of carbonyl (C=O) groups is 1. The van der Waals surface area contributed by atoms with Crippen LogP contribution in [-0.2, 0) is 12.4 Å². The highest BCUT2D eigenvalue weighted by molar-refractivity contribution is 6.06. The summed E-state index contributed by atoms with van der Waals surface area (Å²) >= 11 is 0. The lowest BCUT2D eigenvalue weighted by Gasteiger charge is -2.15. The second kappa shape index (κ2) is 9.99. The number of nitrogens with two attached hydrogens (primary N) is 1. The maximum atomic E-state index is 13.1. The van der Waals surface area contributed by atoms with Gasteiger partial charge < -0.3 is 11.1 Å². The average Bonchev–Trinajstić information content (AvgIpc) is 2.91. The Hall–Kier alpha value is -4.93. The number of aromatic nitrogens is 2. The Kier molecular flexibility index (Phi) is 6.66. The number of hydrogen-bond donors (Lipinski definition) is 2. The van der Waals surface area contributed by atoms with E-state index < -0.39 is 29.4 Å². The summed E-state index contributed by atoms with van der Waals surface area (Å²) in [5, 5.41) is 3.10. The fourth-order valence-corrected chi connectivity index (χ4v) is 4.21. The summed E-state index contributed by atoms with van der Waals surface area (Å²) in [5.41, 5.74) is 6.65. The topological polar surface area (TPSA) is 80.9 Å². The van der Waals surface area contributed by atoms with Gasteiger partial charge in [0.2, 0.25) is 5.95 Å². The Balaban J connectivity index is 1.58. The first-order chi connectivity index (χ1) is 18.9. The van der Waals surface area contributed by atoms with E-state index >= 15 is 0 Å². The predicted molar refractivity (Wildman–Crippen MR) is 139 cm³/mol. The quantitative estimate of drug-likeness (QED) is 0.223. The monoisotopic (exact) mass is 552 g/mol. The molecule has 0 saturated carbocycles. The third kappa shape index (κ3) is 5.58. The van der Waals surface area contributed by atoms with E-state index in [-0.39, 0.29) is 17.2 Å². The number of carbonyl (C=O) groups excluding carboxylic acids is 1. The number of rotatable bonds is 4. The van der Waals surface area contributed by atoms with Crippen LogP contribution in [0.1, 0.15) is 21.5 Å². The minimum Gasteiger partial charge on any atom is -0.368 e. The summed E-state index contributed by atoms with van der Waals surface area (Å²) in [4.78, 5) is 21.2. The molecule has 1 amide bonds. The molecule has 0 spiro atoms. The van der Waals surface area contributed by atoms with Crippen LogP contribution in [0.5, 0.6) is 0 Å². The van der Waals surface area contributed by atoms with Gasteiger partial charge in [-0.3, -0.25) is 4.79 Å². The van der Waals surface area contributed by atoms with Crippen LogP contribution in [0.25, 0.3) is 33.2 Å². The Bertz CT molecular complexity index is 1730. The lowest BCUT2D eigenvalue weighted by molar-refractivity contribution is -0.138. The number of fused-ring (bicyclic) bond motifs is 1. The second-order valence-electron chi connectivity index (χ2n) is 8.87. The molecule has 0 fully saturated rings. The fourth-order valence-electron chi connectivity index (χ4n) is 4.21. The summed E-state index contributed by atoms with van der Waals surface area (Å²) in [5.74, 6) is -0.588. The lowest BCUT2D eigenvalue weighted by atomic mass is 9.91. The minimum atomic E-state index is -4.58. The van der Waals surface area contributed by atoms with Crippen molar-refractivity contribution in [2.24, 2.45) is 0 Å². The van der Waals surface area contributed by atoms with Gasteiger partial charge in [-0.05, 0) is 76.9 Å². The maximum absolute atomic E-state index is 13.1. The molecule has 3 N–H and O–H groups in total. The number of nitrogen functional groups attached to an aromatic ring is 1. The number of nitrogens with zero attached hydrogens (tertiary/aromatic N) is 2. The molecule has 0 atom stereocenters. The molecule has 5 nitrogen and oxygen atoms in total. The first-order valence-corrected chi connectivity index (χ1v) is 11.7. The number of alkyl halides is 6. The van der Waals surface area contributed by atoms with Gasteiger partial charge in [-0.25, -0.2) is 9.97 Å². The van der Waals surface area contributed by atoms with Gasteiger partial charge >= 0.3 is 12.4 Å². The molecular weight excluding hydrogens is 534 g/mol. The standard InChI is InChI=1S/C29H18F6N4O/c30-28(31,32)20-8-4-16(5-9-20)23-10-6-18(26(40)38-22-3-1-2-21(14-22)29(33,34)35)13-24(23)17-7-11-25-19(12-17)15-37-27(36)39-25/h1-15H,(H,38,40)(H2,36,37,39). The molecular formula is C29H18F6N4O. The Morgan fingerprint density at radius 1 is 0.725 bits per heavy atom. The highest BCUT2D eigenvalue weighted by atomic mass is 19.4. The van der Waals surface area contributed by atoms with Gasteiger partial charge in [0.25, 0.3) is 5.91 Å². The van der Waals surface area contributed by atoms with Gasteiger partial charge in [0.15, 0.2) is 0 Å². The van der Waals surface area contributed by atoms with Crippen molar-refractivity contribution in [1.29, 1.82) is 0 Å². The van der Waals surface area contributed by atoms with Crippen molar-refractivity contribution in [2.45, 2.75) is 12.4 Å². The van der Waals surface area contributed by atoms with E-state index in [0.717, 1.165) is 24.3 Å². The van der Waals surface area contributed by atoms with Gasteiger partial charge in [-0.1, -0.05) is 30.3 Å². The smallest absolute Gasteiger partial charge is 0.368 e. The highest BCUT2D eigenvalue weighted by Crippen LogP contribution is 2.37. The van der Waals surface area contributed by atoms with Crippen LogP contribution in [0.4, 0.5) is 38.0 Å². The zero-order valence-electron chi connectivity index (χ0n) is 20.3. The molecule has 40 heavy (non-hydrogen) atoms. The Morgan fingerprint density at radius 2 is 1.43 bits per heavy atom. The van der Waals surface area contributed by atoms with E-state index in [1.165, 1.54) is 42.6 Å². The van der Waals surface area contributed by atoms with E-state index in [4.69, 9.17) is 5.73 Å². The van der Waals surface area contributed by atoms with Crippen LogP contribution in [0.15, 0.2) is 91.1 Å². The minimum absolute atomic E-state index is 0.0476. The van der Waals surface area contributed by atoms with E-state index in [1.54, 1.807) is 24.3 Å². The van der Waals surface area contributed by atoms with Crippen LogP contribution in [0.3, 0.4) is 0 Å². The molecule has 0 aliphatic heterocycles. The summed E-state index contributed by atoms with van der Waals surface area (Å²) in [7, 11) is 0. The van der Waals surface area contributed by atoms with Crippen molar-refractivity contribution in [3.05, 3.63) is 108 Å². The third-order valence-corrected chi connectivity index (χ3v) is 6.16. The first-order valence-electron chi connectivity index (χ1n) is 11.7. The largest absolute Gasteiger partial charge is 0.416 e. The predicted octanol–water partition coefficient (Wildman–Crippen LogP) is 7.84. The molecule has 0 radical (unpaired) electrons. The van der Waals surface area contributed by atoms with Crippen molar-refractivity contribution in [1.82, 2.24) is 9.97 Å². The van der Waals surface area contributed by atoms with Crippen LogP contribution in [-0.4, -0.2) is 15.9 Å². The Labute approximate surface area is 223 Å². The molecule has 0 aliphatic rings. The molecule has 202 valence electrons. The Morgan fingerprint density at radius 3 is 2.12 bits per heavy atom. The zero-order chi connectivity index (χ0) is 28.7. The number of nitrogens with one attached hydrogen (secondary N) is 1. The summed E-state index contributed by atoms with van der Waals surface area (Å²) in [6, 6.07) is 18.5. The van der Waals surface area contributed by atoms with Crippen molar-refractivity contribution in [2.75, 3.05) is 11.1 Å². The van der Waals surface area contributed by atoms with Crippen molar-refractivity contribution < 1.29 is 31.1 Å². The van der Waals surface area contributed by atoms with Gasteiger partial charge in [0.05, 0.1) is 16.6 Å². The first kappa shape index (κ1) is 26.7. The molecule has 0 aliphatic carbocycles. The molecule has 0 bridgehead atoms. The number of amides is 1. The van der Waals surface area contributed by atoms with Gasteiger partial charge in [0, 0.05) is 22.8 Å². The van der Waals surface area contributed by atoms with Gasteiger partial charge in [0.1, 0.15) is 0 Å². The summed E-state index contributed by atoms with van der Waals surface area (Å²) in [6.45, 7) is 0. The molecule has 11 heteroatoms. The molecule has 0 saturated heterocycles. The van der Waals surface area contributed by atoms with E-state index in [1.807, 2.05) is 0 Å². The van der Waals surface area contributed by atoms with Crippen LogP contribution < -0.4 is 11.1 Å². The molecule has 5 aromatic rings. The molecule has 4 aromatic carbocycles. The number of hydrogen-bond acceptors (Lipinski definition) is 4. The number of halogens is 6. The van der Waals surface area contributed by atoms with Crippen molar-refractivity contribution in [3.63, 3.8) is 0 Å². The van der Waals surface area contributed by atoms with E-state index in [0.29, 0.717) is 33.2 Å². The number of benzene rings is 4. The van der Waals surface area contributed by atoms with E-state index in [2.05, 4.69) is 15.3 Å². The van der Waals surface area contributed by atoms with Crippen LogP contribution >= 0.6 is 0 Å². The highest BCUT2D eigenvalue weighted by Gasteiger charge is 2.31. The van der Waals surface area contributed by atoms with Crippen LogP contribution in [0, 0.1) is 0 Å². The average molecular weight is 552 g/mol. The van der Waals surface area contributed by atoms with Crippen molar-refractivity contribution in [3.8, 4) is 22.3 Å². The normalized spacial score (nSPS) is 11.9. The van der Waals surface area contributed by atoms with Gasteiger partial charge in [-0.2, -0.15) is 26.3 Å². The lowest BCUT2D eigenvalue weighted by Crippen LogP contribution is -2.13. The van der Waals surface area contributed by atoms with E-state index in [9.17, 15) is 31.1 Å². The van der Waals surface area contributed by atoms with Crippen molar-refractivity contribution >= 4 is 28.4 Å². The number of anilines is 2.